The van der Waals surface area contributed by atoms with E-state index in [9.17, 15) is 13.2 Å². The summed E-state index contributed by atoms with van der Waals surface area (Å²) >= 11 is 0.958. The van der Waals surface area contributed by atoms with Crippen LogP contribution in [0, 0.1) is 0 Å². The second-order valence-electron chi connectivity index (χ2n) is 6.91. The molecule has 0 unspecified atom stereocenters. The number of hydrogen-bond donors (Lipinski definition) is 2. The summed E-state index contributed by atoms with van der Waals surface area (Å²) < 4.78 is 49.5. The minimum absolute atomic E-state index is 0. The summed E-state index contributed by atoms with van der Waals surface area (Å²) in [5.74, 6) is 1.87. The second-order valence-corrected chi connectivity index (χ2v) is 7.86. The molecule has 1 heterocycles. The van der Waals surface area contributed by atoms with Crippen LogP contribution in [0.4, 0.5) is 13.2 Å². The lowest BCUT2D eigenvalue weighted by Gasteiger charge is -2.17. The van der Waals surface area contributed by atoms with Crippen molar-refractivity contribution < 1.29 is 22.6 Å². The molecule has 0 atom stereocenters. The molecule has 0 radical (unpaired) electrons. The van der Waals surface area contributed by atoms with Gasteiger partial charge in [-0.3, -0.25) is 4.99 Å². The van der Waals surface area contributed by atoms with Crippen LogP contribution < -0.4 is 20.1 Å². The lowest BCUT2D eigenvalue weighted by Crippen LogP contribution is -2.36. The van der Waals surface area contributed by atoms with Gasteiger partial charge in [-0.2, -0.15) is 13.2 Å². The van der Waals surface area contributed by atoms with E-state index in [1.54, 1.807) is 14.2 Å². The maximum atomic E-state index is 12.7. The van der Waals surface area contributed by atoms with Crippen molar-refractivity contribution in [3.05, 3.63) is 39.8 Å². The number of thiazole rings is 1. The Balaban J connectivity index is 0.00000341. The van der Waals surface area contributed by atoms with Crippen molar-refractivity contribution in [1.29, 1.82) is 0 Å². The Bertz CT molecular complexity index is 870. The summed E-state index contributed by atoms with van der Waals surface area (Å²) in [4.78, 5) is 7.71. The third-order valence-electron chi connectivity index (χ3n) is 4.76. The van der Waals surface area contributed by atoms with E-state index in [2.05, 4.69) is 20.6 Å². The largest absolute Gasteiger partial charge is 0.493 e. The first-order valence-electron chi connectivity index (χ1n) is 9.68. The number of hydrogen-bond acceptors (Lipinski definition) is 5. The molecule has 0 saturated heterocycles. The molecule has 1 aliphatic carbocycles. The number of aliphatic imine (C=N–C) groups is 1. The molecule has 2 N–H and O–H groups in total. The van der Waals surface area contributed by atoms with Crippen molar-refractivity contribution in [1.82, 2.24) is 15.6 Å². The molecule has 0 spiro atoms. The van der Waals surface area contributed by atoms with Crippen LogP contribution in [0.25, 0.3) is 0 Å². The fraction of sp³-hybridized carbons (Fsp3) is 0.500. The summed E-state index contributed by atoms with van der Waals surface area (Å²) in [6.45, 7) is 0.620. The van der Waals surface area contributed by atoms with Gasteiger partial charge in [0.1, 0.15) is 5.01 Å². The fourth-order valence-electron chi connectivity index (χ4n) is 3.20. The average Bonchev–Trinajstić information content (AvgIpc) is 3.40. The molecule has 0 bridgehead atoms. The molecule has 1 saturated carbocycles. The van der Waals surface area contributed by atoms with Gasteiger partial charge >= 0.3 is 6.18 Å². The van der Waals surface area contributed by atoms with Crippen molar-refractivity contribution in [3.63, 3.8) is 0 Å². The Morgan fingerprint density at radius 1 is 1.19 bits per heavy atom. The first kappa shape index (κ1) is 25.5. The van der Waals surface area contributed by atoms with Crippen molar-refractivity contribution in [2.75, 3.05) is 14.2 Å². The van der Waals surface area contributed by atoms with Crippen LogP contribution in [0.5, 0.6) is 11.5 Å². The number of halogens is 4. The van der Waals surface area contributed by atoms with E-state index in [4.69, 9.17) is 9.47 Å². The molecular weight excluding hydrogens is 544 g/mol. The van der Waals surface area contributed by atoms with Gasteiger partial charge < -0.3 is 20.1 Å². The molecule has 6 nitrogen and oxygen atoms in total. The molecule has 1 aromatic carbocycles. The van der Waals surface area contributed by atoms with Crippen LogP contribution >= 0.6 is 35.3 Å². The highest BCUT2D eigenvalue weighted by atomic mass is 127. The number of benzene rings is 1. The Morgan fingerprint density at radius 2 is 1.90 bits per heavy atom. The number of ether oxygens (including phenoxy) is 2. The number of rotatable bonds is 7. The predicted octanol–water partition coefficient (Wildman–Crippen LogP) is 4.98. The molecule has 1 aromatic heterocycles. The van der Waals surface area contributed by atoms with Crippen LogP contribution in [-0.4, -0.2) is 31.2 Å². The monoisotopic (exact) mass is 570 g/mol. The molecule has 3 rings (SSSR count). The molecule has 2 aromatic rings. The first-order valence-corrected chi connectivity index (χ1v) is 10.6. The van der Waals surface area contributed by atoms with E-state index in [-0.39, 0.29) is 36.6 Å². The SMILES string of the molecule is CN=C(NCc1ccc(OC)c(OC2CCCC2)c1)NCc1nc(C(F)(F)F)cs1.I. The Morgan fingerprint density at radius 3 is 2.52 bits per heavy atom. The van der Waals surface area contributed by atoms with Gasteiger partial charge in [0.15, 0.2) is 23.2 Å². The van der Waals surface area contributed by atoms with E-state index >= 15 is 0 Å². The summed E-state index contributed by atoms with van der Waals surface area (Å²) in [6, 6.07) is 5.73. The van der Waals surface area contributed by atoms with Crippen LogP contribution in [-0.2, 0) is 19.3 Å². The molecule has 1 fully saturated rings. The number of methoxy groups -OCH3 is 1. The molecule has 172 valence electrons. The number of nitrogens with one attached hydrogen (secondary N) is 2. The van der Waals surface area contributed by atoms with Crippen LogP contribution in [0.1, 0.15) is 41.9 Å². The first-order chi connectivity index (χ1) is 14.4. The minimum atomic E-state index is -4.43. The molecule has 11 heteroatoms. The maximum absolute atomic E-state index is 12.7. The zero-order valence-electron chi connectivity index (χ0n) is 17.3. The Hall–Kier alpha value is -1.76. The highest BCUT2D eigenvalue weighted by Gasteiger charge is 2.33. The quantitative estimate of drug-likeness (QED) is 0.280. The van der Waals surface area contributed by atoms with Crippen molar-refractivity contribution in [3.8, 4) is 11.5 Å². The minimum Gasteiger partial charge on any atom is -0.493 e. The third-order valence-corrected chi connectivity index (χ3v) is 5.61. The third kappa shape index (κ3) is 7.41. The van der Waals surface area contributed by atoms with Crippen molar-refractivity contribution in [2.45, 2.75) is 51.1 Å². The molecule has 1 aliphatic rings. The van der Waals surface area contributed by atoms with Gasteiger partial charge in [-0.1, -0.05) is 6.07 Å². The van der Waals surface area contributed by atoms with Crippen LogP contribution in [0.3, 0.4) is 0 Å². The summed E-state index contributed by atoms with van der Waals surface area (Å²) in [7, 11) is 3.21. The topological polar surface area (TPSA) is 67.8 Å². The number of guanidine groups is 1. The number of alkyl halides is 3. The van der Waals surface area contributed by atoms with E-state index in [1.165, 1.54) is 12.8 Å². The predicted molar refractivity (Wildman–Crippen MR) is 125 cm³/mol. The second kappa shape index (κ2) is 11.7. The lowest BCUT2D eigenvalue weighted by molar-refractivity contribution is -0.140. The maximum Gasteiger partial charge on any atom is 0.434 e. The molecule has 0 amide bonds. The van der Waals surface area contributed by atoms with Gasteiger partial charge in [-0.25, -0.2) is 4.98 Å². The van der Waals surface area contributed by atoms with Gasteiger partial charge in [0, 0.05) is 19.0 Å². The highest BCUT2D eigenvalue weighted by Crippen LogP contribution is 2.32. The van der Waals surface area contributed by atoms with E-state index in [1.807, 2.05) is 18.2 Å². The summed E-state index contributed by atoms with van der Waals surface area (Å²) in [5.41, 5.74) is 0.0978. The van der Waals surface area contributed by atoms with E-state index < -0.39 is 11.9 Å². The van der Waals surface area contributed by atoms with E-state index in [0.717, 1.165) is 35.1 Å². The highest BCUT2D eigenvalue weighted by molar-refractivity contribution is 14.0. The Kier molecular flexibility index (Phi) is 9.66. The Labute approximate surface area is 200 Å². The number of nitrogens with zero attached hydrogens (tertiary/aromatic N) is 2. The molecule has 31 heavy (non-hydrogen) atoms. The lowest BCUT2D eigenvalue weighted by atomic mass is 10.2. The average molecular weight is 570 g/mol. The zero-order chi connectivity index (χ0) is 21.6. The van der Waals surface area contributed by atoms with Crippen molar-refractivity contribution in [2.24, 2.45) is 4.99 Å². The number of aromatic nitrogens is 1. The molecular formula is C20H26F3IN4O2S. The summed E-state index contributed by atoms with van der Waals surface area (Å²) in [5, 5.41) is 7.47. The normalized spacial score (nSPS) is 14.8. The standard InChI is InChI=1S/C20H25F3N4O2S.HI/c1-24-19(26-11-18-27-17(12-30-18)20(21,22)23)25-10-13-7-8-15(28-2)16(9-13)29-14-5-3-4-6-14;/h7-9,12,14H,3-6,10-11H2,1-2H3,(H2,24,25,26);1H. The summed E-state index contributed by atoms with van der Waals surface area (Å²) in [6.07, 6.45) is 0.252. The van der Waals surface area contributed by atoms with Crippen LogP contribution in [0.15, 0.2) is 28.6 Å². The fourth-order valence-corrected chi connectivity index (χ4v) is 3.94. The van der Waals surface area contributed by atoms with Gasteiger partial charge in [-0.15, -0.1) is 35.3 Å². The van der Waals surface area contributed by atoms with E-state index in [0.29, 0.717) is 29.0 Å². The smallest absolute Gasteiger partial charge is 0.434 e. The van der Waals surface area contributed by atoms with Gasteiger partial charge in [0.25, 0.3) is 0 Å². The van der Waals surface area contributed by atoms with Crippen molar-refractivity contribution >= 4 is 41.3 Å². The van der Waals surface area contributed by atoms with Gasteiger partial charge in [0.05, 0.1) is 19.8 Å². The molecule has 0 aliphatic heterocycles. The van der Waals surface area contributed by atoms with Crippen LogP contribution in [0.2, 0.25) is 0 Å². The van der Waals surface area contributed by atoms with Gasteiger partial charge in [0.2, 0.25) is 0 Å². The van der Waals surface area contributed by atoms with Gasteiger partial charge in [-0.05, 0) is 43.4 Å². The zero-order valence-corrected chi connectivity index (χ0v) is 20.4.